The first-order chi connectivity index (χ1) is 16.7. The molecule has 4 rings (SSSR count). The molecule has 35 heavy (non-hydrogen) atoms. The van der Waals surface area contributed by atoms with E-state index in [2.05, 4.69) is 22.2 Å². The number of halogens is 1. The van der Waals surface area contributed by atoms with E-state index in [-0.39, 0.29) is 11.8 Å². The van der Waals surface area contributed by atoms with Crippen LogP contribution >= 0.6 is 11.6 Å². The standard InChI is InChI=1S/C28H31ClN4O2/c1-19-17-22(9-11-24(19)20-5-7-21(8-6-20)28(35)31(2)3)27(34)30-23-10-12-25(29)26(18-23)33-15-13-32(4)14-16-33/h5-12,17-18H,13-16H2,1-4H3,(H,30,34). The lowest BCUT2D eigenvalue weighted by Crippen LogP contribution is -2.44. The minimum atomic E-state index is -0.168. The molecule has 0 aliphatic carbocycles. The highest BCUT2D eigenvalue weighted by Crippen LogP contribution is 2.30. The SMILES string of the molecule is Cc1cc(C(=O)Nc2ccc(Cl)c(N3CCN(C)CC3)c2)ccc1-c1ccc(C(=O)N(C)C)cc1. The normalized spacial score (nSPS) is 14.0. The van der Waals surface area contributed by atoms with Crippen molar-refractivity contribution in [2.45, 2.75) is 6.92 Å². The summed E-state index contributed by atoms with van der Waals surface area (Å²) in [6, 6.07) is 18.8. The van der Waals surface area contributed by atoms with E-state index >= 15 is 0 Å². The van der Waals surface area contributed by atoms with Gasteiger partial charge in [0.05, 0.1) is 10.7 Å². The number of hydrogen-bond acceptors (Lipinski definition) is 4. The molecular weight excluding hydrogens is 460 g/mol. The molecule has 2 amide bonds. The fourth-order valence-corrected chi connectivity index (χ4v) is 4.50. The van der Waals surface area contributed by atoms with E-state index in [1.807, 2.05) is 67.6 Å². The number of likely N-dealkylation sites (N-methyl/N-ethyl adjacent to an activating group) is 1. The molecule has 0 bridgehead atoms. The van der Waals surface area contributed by atoms with Gasteiger partial charge in [-0.15, -0.1) is 0 Å². The maximum absolute atomic E-state index is 13.0. The highest BCUT2D eigenvalue weighted by Gasteiger charge is 2.18. The maximum Gasteiger partial charge on any atom is 0.255 e. The highest BCUT2D eigenvalue weighted by molar-refractivity contribution is 6.33. The van der Waals surface area contributed by atoms with Gasteiger partial charge in [0.2, 0.25) is 0 Å². The second-order valence-corrected chi connectivity index (χ2v) is 9.62. The number of carbonyl (C=O) groups excluding carboxylic acids is 2. The van der Waals surface area contributed by atoms with Crippen molar-refractivity contribution in [3.05, 3.63) is 82.4 Å². The van der Waals surface area contributed by atoms with E-state index in [0.29, 0.717) is 16.1 Å². The first-order valence-corrected chi connectivity index (χ1v) is 12.1. The third-order valence-electron chi connectivity index (χ3n) is 6.39. The number of rotatable bonds is 5. The molecule has 1 N–H and O–H groups in total. The molecule has 1 aliphatic heterocycles. The van der Waals surface area contributed by atoms with Crippen LogP contribution in [0.2, 0.25) is 5.02 Å². The van der Waals surface area contributed by atoms with Crippen molar-refractivity contribution in [2.24, 2.45) is 0 Å². The molecule has 1 heterocycles. The van der Waals surface area contributed by atoms with Gasteiger partial charge < -0.3 is 20.0 Å². The Bertz CT molecular complexity index is 1230. The number of amides is 2. The van der Waals surface area contributed by atoms with Gasteiger partial charge in [-0.2, -0.15) is 0 Å². The van der Waals surface area contributed by atoms with Crippen LogP contribution in [0.5, 0.6) is 0 Å². The summed E-state index contributed by atoms with van der Waals surface area (Å²) in [7, 11) is 5.59. The summed E-state index contributed by atoms with van der Waals surface area (Å²) >= 11 is 6.47. The molecule has 3 aromatic rings. The van der Waals surface area contributed by atoms with Gasteiger partial charge in [-0.05, 0) is 73.1 Å². The van der Waals surface area contributed by atoms with E-state index < -0.39 is 0 Å². The van der Waals surface area contributed by atoms with Crippen molar-refractivity contribution >= 4 is 34.8 Å². The Kier molecular flexibility index (Phi) is 7.43. The lowest BCUT2D eigenvalue weighted by atomic mass is 9.97. The second-order valence-electron chi connectivity index (χ2n) is 9.22. The number of anilines is 2. The summed E-state index contributed by atoms with van der Waals surface area (Å²) in [4.78, 5) is 31.3. The van der Waals surface area contributed by atoms with Crippen LogP contribution in [0.15, 0.2) is 60.7 Å². The summed E-state index contributed by atoms with van der Waals surface area (Å²) in [5.74, 6) is -0.198. The number of hydrogen-bond donors (Lipinski definition) is 1. The molecular formula is C28H31ClN4O2. The zero-order valence-electron chi connectivity index (χ0n) is 20.6. The lowest BCUT2D eigenvalue weighted by molar-refractivity contribution is 0.0827. The number of aryl methyl sites for hydroxylation is 1. The third-order valence-corrected chi connectivity index (χ3v) is 6.71. The summed E-state index contributed by atoms with van der Waals surface area (Å²) in [5.41, 5.74) is 5.90. The molecule has 0 aromatic heterocycles. The molecule has 0 spiro atoms. The van der Waals surface area contributed by atoms with Gasteiger partial charge in [0.15, 0.2) is 0 Å². The molecule has 3 aromatic carbocycles. The van der Waals surface area contributed by atoms with Crippen molar-refractivity contribution < 1.29 is 9.59 Å². The van der Waals surface area contributed by atoms with Crippen LogP contribution in [0, 0.1) is 6.92 Å². The van der Waals surface area contributed by atoms with E-state index in [1.54, 1.807) is 19.0 Å². The fraction of sp³-hybridized carbons (Fsp3) is 0.286. The average molecular weight is 491 g/mol. The van der Waals surface area contributed by atoms with E-state index in [4.69, 9.17) is 11.6 Å². The highest BCUT2D eigenvalue weighted by atomic mass is 35.5. The predicted molar refractivity (Wildman–Crippen MR) is 144 cm³/mol. The Morgan fingerprint density at radius 1 is 0.886 bits per heavy atom. The van der Waals surface area contributed by atoms with Gasteiger partial charge in [-0.3, -0.25) is 9.59 Å². The monoisotopic (exact) mass is 490 g/mol. The van der Waals surface area contributed by atoms with Crippen LogP contribution in [0.4, 0.5) is 11.4 Å². The van der Waals surface area contributed by atoms with Gasteiger partial charge in [0, 0.05) is 57.1 Å². The molecule has 1 fully saturated rings. The first kappa shape index (κ1) is 24.8. The Morgan fingerprint density at radius 2 is 1.54 bits per heavy atom. The van der Waals surface area contributed by atoms with Crippen molar-refractivity contribution in [1.29, 1.82) is 0 Å². The molecule has 7 heteroatoms. The zero-order valence-corrected chi connectivity index (χ0v) is 21.4. The van der Waals surface area contributed by atoms with Gasteiger partial charge in [-0.1, -0.05) is 29.8 Å². The van der Waals surface area contributed by atoms with Crippen molar-refractivity contribution in [2.75, 3.05) is 57.5 Å². The van der Waals surface area contributed by atoms with Crippen LogP contribution in [-0.2, 0) is 0 Å². The average Bonchev–Trinajstić information content (AvgIpc) is 2.85. The Labute approximate surface area is 212 Å². The van der Waals surface area contributed by atoms with E-state index in [1.165, 1.54) is 0 Å². The first-order valence-electron chi connectivity index (χ1n) is 11.7. The number of nitrogens with one attached hydrogen (secondary N) is 1. The van der Waals surface area contributed by atoms with Crippen molar-refractivity contribution in [1.82, 2.24) is 9.80 Å². The lowest BCUT2D eigenvalue weighted by Gasteiger charge is -2.34. The quantitative estimate of drug-likeness (QED) is 0.545. The van der Waals surface area contributed by atoms with Crippen LogP contribution in [0.25, 0.3) is 11.1 Å². The zero-order chi connectivity index (χ0) is 25.1. The largest absolute Gasteiger partial charge is 0.368 e. The second kappa shape index (κ2) is 10.5. The number of carbonyl (C=O) groups is 2. The van der Waals surface area contributed by atoms with Gasteiger partial charge >= 0.3 is 0 Å². The van der Waals surface area contributed by atoms with Crippen LogP contribution < -0.4 is 10.2 Å². The van der Waals surface area contributed by atoms with Crippen molar-refractivity contribution in [3.63, 3.8) is 0 Å². The predicted octanol–water partition coefficient (Wildman–Crippen LogP) is 5.02. The summed E-state index contributed by atoms with van der Waals surface area (Å²) < 4.78 is 0. The smallest absolute Gasteiger partial charge is 0.255 e. The van der Waals surface area contributed by atoms with E-state index in [0.717, 1.165) is 54.2 Å². The Hall–Kier alpha value is -3.35. The molecule has 0 unspecified atom stereocenters. The Balaban J connectivity index is 1.49. The van der Waals surface area contributed by atoms with Gasteiger partial charge in [0.1, 0.15) is 0 Å². The summed E-state index contributed by atoms with van der Waals surface area (Å²) in [6.07, 6.45) is 0. The molecule has 0 atom stereocenters. The molecule has 1 aliphatic rings. The number of nitrogens with zero attached hydrogens (tertiary/aromatic N) is 3. The summed E-state index contributed by atoms with van der Waals surface area (Å²) in [6.45, 7) is 5.75. The molecule has 182 valence electrons. The maximum atomic E-state index is 13.0. The summed E-state index contributed by atoms with van der Waals surface area (Å²) in [5, 5.41) is 3.70. The van der Waals surface area contributed by atoms with Crippen molar-refractivity contribution in [3.8, 4) is 11.1 Å². The minimum absolute atomic E-state index is 0.0294. The van der Waals surface area contributed by atoms with E-state index in [9.17, 15) is 9.59 Å². The molecule has 1 saturated heterocycles. The van der Waals surface area contributed by atoms with Crippen LogP contribution in [-0.4, -0.2) is 68.9 Å². The minimum Gasteiger partial charge on any atom is -0.368 e. The topological polar surface area (TPSA) is 55.9 Å². The van der Waals surface area contributed by atoms with Gasteiger partial charge in [0.25, 0.3) is 11.8 Å². The molecule has 0 saturated carbocycles. The van der Waals surface area contributed by atoms with Crippen LogP contribution in [0.1, 0.15) is 26.3 Å². The fourth-order valence-electron chi connectivity index (χ4n) is 4.26. The molecule has 6 nitrogen and oxygen atoms in total. The third kappa shape index (κ3) is 5.66. The number of benzene rings is 3. The van der Waals surface area contributed by atoms with Crippen LogP contribution in [0.3, 0.4) is 0 Å². The van der Waals surface area contributed by atoms with Gasteiger partial charge in [-0.25, -0.2) is 0 Å². The Morgan fingerprint density at radius 3 is 2.17 bits per heavy atom. The number of piperazine rings is 1. The molecule has 0 radical (unpaired) electrons.